The van der Waals surface area contributed by atoms with Gasteiger partial charge in [-0.2, -0.15) is 0 Å². The van der Waals surface area contributed by atoms with Crippen molar-refractivity contribution in [3.63, 3.8) is 0 Å². The Labute approximate surface area is 99.3 Å². The van der Waals surface area contributed by atoms with Crippen LogP contribution in [0.4, 0.5) is 6.01 Å². The lowest BCUT2D eigenvalue weighted by Gasteiger charge is -2.00. The highest BCUT2D eigenvalue weighted by molar-refractivity contribution is 5.18. The molecule has 6 nitrogen and oxygen atoms in total. The molecule has 0 aliphatic rings. The first-order valence-electron chi connectivity index (χ1n) is 5.53. The number of nitrogens with one attached hydrogen (secondary N) is 1. The van der Waals surface area contributed by atoms with Crippen LogP contribution < -0.4 is 11.1 Å². The summed E-state index contributed by atoms with van der Waals surface area (Å²) in [5.41, 5.74) is 6.56. The van der Waals surface area contributed by atoms with Gasteiger partial charge >= 0.3 is 6.01 Å². The van der Waals surface area contributed by atoms with Crippen LogP contribution in [-0.2, 0) is 12.8 Å². The van der Waals surface area contributed by atoms with Crippen LogP contribution in [0.25, 0.3) is 0 Å². The highest BCUT2D eigenvalue weighted by atomic mass is 16.4. The van der Waals surface area contributed by atoms with E-state index in [1.807, 2.05) is 18.3 Å². The fourth-order valence-corrected chi connectivity index (χ4v) is 1.41. The van der Waals surface area contributed by atoms with Crippen molar-refractivity contribution in [3.05, 3.63) is 36.0 Å². The van der Waals surface area contributed by atoms with Crippen LogP contribution in [0.2, 0.25) is 0 Å². The van der Waals surface area contributed by atoms with Gasteiger partial charge in [-0.15, -0.1) is 5.10 Å². The Bertz CT molecular complexity index is 442. The molecule has 0 saturated heterocycles. The number of aromatic nitrogens is 3. The minimum absolute atomic E-state index is 0.442. The van der Waals surface area contributed by atoms with E-state index in [-0.39, 0.29) is 0 Å². The predicted octanol–water partition coefficient (Wildman–Crippen LogP) is 0.620. The molecule has 0 amide bonds. The Morgan fingerprint density at radius 2 is 2.24 bits per heavy atom. The van der Waals surface area contributed by atoms with Crippen LogP contribution in [0, 0.1) is 0 Å². The van der Waals surface area contributed by atoms with Gasteiger partial charge < -0.3 is 15.5 Å². The first-order valence-corrected chi connectivity index (χ1v) is 5.53. The summed E-state index contributed by atoms with van der Waals surface area (Å²) in [6.07, 6.45) is 5.07. The van der Waals surface area contributed by atoms with Gasteiger partial charge in [0.25, 0.3) is 0 Å². The topological polar surface area (TPSA) is 89.9 Å². The summed E-state index contributed by atoms with van der Waals surface area (Å²) in [6.45, 7) is 1.24. The second kappa shape index (κ2) is 5.95. The third-order valence-electron chi connectivity index (χ3n) is 2.24. The molecule has 2 aromatic heterocycles. The number of hydrogen-bond donors (Lipinski definition) is 2. The largest absolute Gasteiger partial charge is 0.408 e. The molecular weight excluding hydrogens is 218 g/mol. The Hall–Kier alpha value is -1.95. The summed E-state index contributed by atoms with van der Waals surface area (Å²) in [6, 6.07) is 4.39. The van der Waals surface area contributed by atoms with E-state index >= 15 is 0 Å². The van der Waals surface area contributed by atoms with Crippen LogP contribution >= 0.6 is 0 Å². The van der Waals surface area contributed by atoms with E-state index in [0.717, 1.165) is 13.0 Å². The molecule has 6 heteroatoms. The third-order valence-corrected chi connectivity index (χ3v) is 2.24. The summed E-state index contributed by atoms with van der Waals surface area (Å²) >= 11 is 0. The normalized spacial score (nSPS) is 10.4. The van der Waals surface area contributed by atoms with Crippen molar-refractivity contribution in [2.45, 2.75) is 12.8 Å². The van der Waals surface area contributed by atoms with Crippen LogP contribution in [-0.4, -0.2) is 28.3 Å². The molecule has 0 fully saturated rings. The lowest BCUT2D eigenvalue weighted by Crippen LogP contribution is -2.05. The monoisotopic (exact) mass is 233 g/mol. The van der Waals surface area contributed by atoms with E-state index in [1.165, 1.54) is 5.56 Å². The fraction of sp³-hybridized carbons (Fsp3) is 0.364. The summed E-state index contributed by atoms with van der Waals surface area (Å²) in [7, 11) is 0. The molecule has 0 spiro atoms. The first kappa shape index (κ1) is 11.5. The molecule has 2 aromatic rings. The van der Waals surface area contributed by atoms with Gasteiger partial charge in [0.1, 0.15) is 0 Å². The number of rotatable bonds is 6. The molecular formula is C11H15N5O. The molecule has 17 heavy (non-hydrogen) atoms. The second-order valence-electron chi connectivity index (χ2n) is 3.58. The maximum absolute atomic E-state index is 5.39. The van der Waals surface area contributed by atoms with Gasteiger partial charge in [0.2, 0.25) is 5.89 Å². The lowest BCUT2D eigenvalue weighted by atomic mass is 10.2. The Balaban J connectivity index is 1.78. The molecule has 2 rings (SSSR count). The standard InChI is InChI=1S/C11H15N5O/c12-5-3-10-15-16-11(17-10)14-7-4-9-2-1-6-13-8-9/h1-2,6,8H,3-5,7,12H2,(H,14,16). The van der Waals surface area contributed by atoms with Gasteiger partial charge in [-0.1, -0.05) is 11.2 Å². The Morgan fingerprint density at radius 3 is 3.00 bits per heavy atom. The van der Waals surface area contributed by atoms with Crippen LogP contribution in [0.1, 0.15) is 11.5 Å². The van der Waals surface area contributed by atoms with Gasteiger partial charge in [0.15, 0.2) is 0 Å². The molecule has 0 saturated carbocycles. The van der Waals surface area contributed by atoms with E-state index in [9.17, 15) is 0 Å². The van der Waals surface area contributed by atoms with Gasteiger partial charge in [-0.3, -0.25) is 4.98 Å². The van der Waals surface area contributed by atoms with E-state index in [2.05, 4.69) is 20.5 Å². The molecule has 0 unspecified atom stereocenters. The van der Waals surface area contributed by atoms with Crippen molar-refractivity contribution < 1.29 is 4.42 Å². The SMILES string of the molecule is NCCc1nnc(NCCc2cccnc2)o1. The zero-order chi connectivity index (χ0) is 11.9. The summed E-state index contributed by atoms with van der Waals surface area (Å²) < 4.78 is 5.33. The minimum atomic E-state index is 0.442. The molecule has 0 radical (unpaired) electrons. The molecule has 0 aromatic carbocycles. The van der Waals surface area contributed by atoms with Crippen molar-refractivity contribution in [2.75, 3.05) is 18.4 Å². The Kier molecular flexibility index (Phi) is 4.04. The fourth-order valence-electron chi connectivity index (χ4n) is 1.41. The van der Waals surface area contributed by atoms with Crippen molar-refractivity contribution in [1.82, 2.24) is 15.2 Å². The zero-order valence-corrected chi connectivity index (χ0v) is 9.47. The van der Waals surface area contributed by atoms with Crippen LogP contribution in [0.5, 0.6) is 0 Å². The average Bonchev–Trinajstić information content (AvgIpc) is 2.79. The van der Waals surface area contributed by atoms with Crippen molar-refractivity contribution in [2.24, 2.45) is 5.73 Å². The molecule has 3 N–H and O–H groups in total. The highest BCUT2D eigenvalue weighted by Crippen LogP contribution is 2.05. The number of pyridine rings is 1. The van der Waals surface area contributed by atoms with Crippen LogP contribution in [0.15, 0.2) is 28.9 Å². The third kappa shape index (κ3) is 3.53. The lowest BCUT2D eigenvalue weighted by molar-refractivity contribution is 0.506. The summed E-state index contributed by atoms with van der Waals surface area (Å²) in [5.74, 6) is 0.566. The van der Waals surface area contributed by atoms with Crippen molar-refractivity contribution in [3.8, 4) is 0 Å². The molecule has 0 bridgehead atoms. The van der Waals surface area contributed by atoms with Crippen molar-refractivity contribution in [1.29, 1.82) is 0 Å². The predicted molar refractivity (Wildman–Crippen MR) is 63.5 cm³/mol. The quantitative estimate of drug-likeness (QED) is 0.760. The van der Waals surface area contributed by atoms with Gasteiger partial charge in [0, 0.05) is 31.9 Å². The number of anilines is 1. The van der Waals surface area contributed by atoms with Crippen molar-refractivity contribution >= 4 is 6.01 Å². The van der Waals surface area contributed by atoms with Crippen LogP contribution in [0.3, 0.4) is 0 Å². The summed E-state index contributed by atoms with van der Waals surface area (Å²) in [4.78, 5) is 4.05. The Morgan fingerprint density at radius 1 is 1.29 bits per heavy atom. The number of nitrogens with two attached hydrogens (primary N) is 1. The molecule has 90 valence electrons. The van der Waals surface area contributed by atoms with Gasteiger partial charge in [0.05, 0.1) is 0 Å². The van der Waals surface area contributed by atoms with E-state index < -0.39 is 0 Å². The average molecular weight is 233 g/mol. The molecule has 0 atom stereocenters. The molecule has 2 heterocycles. The zero-order valence-electron chi connectivity index (χ0n) is 9.47. The number of nitrogens with zero attached hydrogens (tertiary/aromatic N) is 3. The smallest absolute Gasteiger partial charge is 0.315 e. The van der Waals surface area contributed by atoms with Gasteiger partial charge in [-0.25, -0.2) is 0 Å². The van der Waals surface area contributed by atoms with Gasteiger partial charge in [-0.05, 0) is 18.1 Å². The van der Waals surface area contributed by atoms with E-state index in [1.54, 1.807) is 6.20 Å². The maximum Gasteiger partial charge on any atom is 0.315 e. The summed E-state index contributed by atoms with van der Waals surface area (Å²) in [5, 5.41) is 10.8. The first-order chi connectivity index (χ1) is 8.38. The minimum Gasteiger partial charge on any atom is -0.408 e. The highest BCUT2D eigenvalue weighted by Gasteiger charge is 2.03. The molecule has 0 aliphatic carbocycles. The second-order valence-corrected chi connectivity index (χ2v) is 3.58. The molecule has 0 aliphatic heterocycles. The maximum atomic E-state index is 5.39. The van der Waals surface area contributed by atoms with E-state index in [0.29, 0.717) is 24.9 Å². The van der Waals surface area contributed by atoms with E-state index in [4.69, 9.17) is 10.2 Å². The number of hydrogen-bond acceptors (Lipinski definition) is 6.